The van der Waals surface area contributed by atoms with E-state index in [2.05, 4.69) is 12.2 Å². The largest absolute Gasteiger partial charge is 0.298 e. The third-order valence-corrected chi connectivity index (χ3v) is 6.75. The van der Waals surface area contributed by atoms with Crippen LogP contribution in [-0.4, -0.2) is 10.5 Å². The van der Waals surface area contributed by atoms with E-state index in [4.69, 9.17) is 0 Å². The molecule has 0 saturated carbocycles. The maximum absolute atomic E-state index is 13.7. The summed E-state index contributed by atoms with van der Waals surface area (Å²) in [5, 5.41) is -0.272. The molecular formula is C25H20O2S. The lowest BCUT2D eigenvalue weighted by molar-refractivity contribution is 0.112. The van der Waals surface area contributed by atoms with Crippen LogP contribution in [0.25, 0.3) is 11.1 Å². The van der Waals surface area contributed by atoms with Gasteiger partial charge in [0.15, 0.2) is 6.29 Å². The van der Waals surface area contributed by atoms with E-state index >= 15 is 0 Å². The van der Waals surface area contributed by atoms with Gasteiger partial charge in [-0.15, -0.1) is 0 Å². The zero-order valence-corrected chi connectivity index (χ0v) is 16.1. The van der Waals surface area contributed by atoms with E-state index in [0.717, 1.165) is 27.9 Å². The highest BCUT2D eigenvalue weighted by atomic mass is 32.2. The Labute approximate surface area is 167 Å². The third kappa shape index (κ3) is 3.54. The van der Waals surface area contributed by atoms with Gasteiger partial charge in [0, 0.05) is 16.4 Å². The molecule has 0 radical (unpaired) electrons. The van der Waals surface area contributed by atoms with Gasteiger partial charge in [0.25, 0.3) is 0 Å². The number of carbonyl (C=O) groups excluding carboxylic acids is 1. The molecule has 3 aliphatic rings. The molecule has 0 aliphatic heterocycles. The molecule has 0 aromatic heterocycles. The van der Waals surface area contributed by atoms with E-state index in [1.54, 1.807) is 0 Å². The first-order valence-electron chi connectivity index (χ1n) is 9.23. The Balaban J connectivity index is 1.89. The first kappa shape index (κ1) is 18.3. The van der Waals surface area contributed by atoms with Crippen molar-refractivity contribution in [2.75, 3.05) is 0 Å². The first-order valence-corrected chi connectivity index (χ1v) is 10.4. The standard InChI is InChI=1S/C25H20O2S/c26-18-20-16-17-23-22(20)14-8-9-15-24(23)25(19-10-4-1-2-5-11-19)28(27)21-12-6-3-7-13-21/h1-19,25H. The van der Waals surface area contributed by atoms with Crippen LogP contribution in [0.1, 0.15) is 21.2 Å². The van der Waals surface area contributed by atoms with Crippen molar-refractivity contribution in [1.29, 1.82) is 0 Å². The quantitative estimate of drug-likeness (QED) is 0.525. The van der Waals surface area contributed by atoms with Gasteiger partial charge >= 0.3 is 0 Å². The zero-order chi connectivity index (χ0) is 19.3. The third-order valence-electron chi connectivity index (χ3n) is 4.98. The van der Waals surface area contributed by atoms with Crippen LogP contribution in [0, 0.1) is 5.92 Å². The Morgan fingerprint density at radius 1 is 0.750 bits per heavy atom. The fourth-order valence-electron chi connectivity index (χ4n) is 3.64. The Bertz CT molecular complexity index is 1050. The smallest absolute Gasteiger partial charge is 0.150 e. The molecule has 0 heterocycles. The van der Waals surface area contributed by atoms with Crippen molar-refractivity contribution in [3.8, 4) is 11.1 Å². The lowest BCUT2D eigenvalue weighted by Gasteiger charge is -2.24. The van der Waals surface area contributed by atoms with Gasteiger partial charge in [0.1, 0.15) is 0 Å². The van der Waals surface area contributed by atoms with E-state index in [1.165, 1.54) is 0 Å². The molecule has 0 N–H and O–H groups in total. The lowest BCUT2D eigenvalue weighted by atomic mass is 9.94. The van der Waals surface area contributed by atoms with Crippen LogP contribution in [0.4, 0.5) is 0 Å². The van der Waals surface area contributed by atoms with Gasteiger partial charge in [0.05, 0.1) is 16.0 Å². The minimum atomic E-state index is -1.27. The minimum Gasteiger partial charge on any atom is -0.298 e. The molecule has 2 unspecified atom stereocenters. The average molecular weight is 385 g/mol. The first-order chi connectivity index (χ1) is 13.8. The second-order valence-electron chi connectivity index (χ2n) is 6.67. The van der Waals surface area contributed by atoms with Crippen LogP contribution in [0.5, 0.6) is 0 Å². The van der Waals surface area contributed by atoms with E-state index < -0.39 is 10.8 Å². The van der Waals surface area contributed by atoms with Crippen molar-refractivity contribution in [3.63, 3.8) is 0 Å². The summed E-state index contributed by atoms with van der Waals surface area (Å²) in [4.78, 5) is 12.3. The second kappa shape index (κ2) is 8.32. The van der Waals surface area contributed by atoms with E-state index in [1.807, 2.05) is 91.0 Å². The molecule has 2 atom stereocenters. The minimum absolute atomic E-state index is 0.0313. The Kier molecular flexibility index (Phi) is 5.45. The summed E-state index contributed by atoms with van der Waals surface area (Å²) < 4.78 is 13.7. The molecule has 2 nitrogen and oxygen atoms in total. The number of fused-ring (bicyclic) bond motifs is 1. The molecule has 1 aromatic carbocycles. The summed E-state index contributed by atoms with van der Waals surface area (Å²) in [5.41, 5.74) is 3.51. The van der Waals surface area contributed by atoms with E-state index in [0.29, 0.717) is 5.56 Å². The topological polar surface area (TPSA) is 34.1 Å². The molecule has 0 spiro atoms. The van der Waals surface area contributed by atoms with Crippen molar-refractivity contribution in [1.82, 2.24) is 0 Å². The number of allylic oxidation sites excluding steroid dienone is 6. The zero-order valence-electron chi connectivity index (χ0n) is 15.3. The van der Waals surface area contributed by atoms with Crippen molar-refractivity contribution in [3.05, 3.63) is 114 Å². The summed E-state index contributed by atoms with van der Waals surface area (Å²) in [6, 6.07) is 21.3. The van der Waals surface area contributed by atoms with E-state index in [9.17, 15) is 9.00 Å². The predicted molar refractivity (Wildman–Crippen MR) is 115 cm³/mol. The monoisotopic (exact) mass is 384 g/mol. The number of benzene rings is 1. The van der Waals surface area contributed by atoms with Crippen LogP contribution in [0.3, 0.4) is 0 Å². The highest BCUT2D eigenvalue weighted by molar-refractivity contribution is 7.85. The van der Waals surface area contributed by atoms with Gasteiger partial charge in [-0.2, -0.15) is 0 Å². The van der Waals surface area contributed by atoms with Crippen LogP contribution in [0.15, 0.2) is 108 Å². The molecular weight excluding hydrogens is 364 g/mol. The molecule has 3 aliphatic carbocycles. The molecule has 1 aromatic rings. The van der Waals surface area contributed by atoms with Gasteiger partial charge in [-0.05, 0) is 28.8 Å². The average Bonchev–Trinajstić information content (AvgIpc) is 2.90. The van der Waals surface area contributed by atoms with Gasteiger partial charge in [-0.25, -0.2) is 0 Å². The van der Waals surface area contributed by atoms with Gasteiger partial charge in [-0.3, -0.25) is 9.00 Å². The van der Waals surface area contributed by atoms with Crippen molar-refractivity contribution < 1.29 is 9.00 Å². The molecule has 3 heteroatoms. The number of hydrogen-bond donors (Lipinski definition) is 0. The van der Waals surface area contributed by atoms with Gasteiger partial charge in [0.2, 0.25) is 0 Å². The highest BCUT2D eigenvalue weighted by Gasteiger charge is 2.30. The molecule has 0 bridgehead atoms. The summed E-state index contributed by atoms with van der Waals surface area (Å²) in [6.45, 7) is 0. The maximum Gasteiger partial charge on any atom is 0.150 e. The van der Waals surface area contributed by atoms with Gasteiger partial charge in [-0.1, -0.05) is 91.1 Å². The fourth-order valence-corrected chi connectivity index (χ4v) is 5.26. The molecule has 0 fully saturated rings. The molecule has 138 valence electrons. The van der Waals surface area contributed by atoms with Gasteiger partial charge < -0.3 is 0 Å². The molecule has 0 amide bonds. The number of hydrogen-bond acceptors (Lipinski definition) is 2. The highest BCUT2D eigenvalue weighted by Crippen LogP contribution is 2.41. The fraction of sp³-hybridized carbons (Fsp3) is 0.0800. The van der Waals surface area contributed by atoms with Crippen LogP contribution < -0.4 is 0 Å². The van der Waals surface area contributed by atoms with Crippen LogP contribution >= 0.6 is 0 Å². The second-order valence-corrected chi connectivity index (χ2v) is 8.24. The SMILES string of the molecule is O=Cc1ccc2c(C(C3C=CC=CC=C3)S(=O)c3ccccc3)ccccc1-2. The van der Waals surface area contributed by atoms with Crippen molar-refractivity contribution >= 4 is 17.1 Å². The summed E-state index contributed by atoms with van der Waals surface area (Å²) in [7, 11) is -1.27. The van der Waals surface area contributed by atoms with Crippen molar-refractivity contribution in [2.24, 2.45) is 5.92 Å². The van der Waals surface area contributed by atoms with E-state index in [-0.39, 0.29) is 11.2 Å². The van der Waals surface area contributed by atoms with Crippen LogP contribution in [0.2, 0.25) is 0 Å². The summed E-state index contributed by atoms with van der Waals surface area (Å²) in [5.74, 6) is -0.0313. The molecule has 0 saturated heterocycles. The number of rotatable bonds is 5. The number of carbonyl (C=O) groups is 1. The van der Waals surface area contributed by atoms with Crippen molar-refractivity contribution in [2.45, 2.75) is 10.1 Å². The Hall–Kier alpha value is -3.04. The summed E-state index contributed by atoms with van der Waals surface area (Å²) >= 11 is 0. The Morgan fingerprint density at radius 2 is 1.43 bits per heavy atom. The normalized spacial score (nSPS) is 16.0. The van der Waals surface area contributed by atoms with Crippen LogP contribution in [-0.2, 0) is 10.8 Å². The molecule has 28 heavy (non-hydrogen) atoms. The Morgan fingerprint density at radius 3 is 2.14 bits per heavy atom. The predicted octanol–water partition coefficient (Wildman–Crippen LogP) is 5.75. The summed E-state index contributed by atoms with van der Waals surface area (Å²) in [6.07, 6.45) is 13.0. The number of aldehydes is 1. The maximum atomic E-state index is 13.7. The molecule has 4 rings (SSSR count). The lowest BCUT2D eigenvalue weighted by Crippen LogP contribution is -2.16.